The number of rotatable bonds is 11. The van der Waals surface area contributed by atoms with E-state index in [2.05, 4.69) is 0 Å². The molecule has 0 spiro atoms. The van der Waals surface area contributed by atoms with Crippen molar-refractivity contribution in [2.24, 2.45) is 0 Å². The molecule has 0 aliphatic rings. The van der Waals surface area contributed by atoms with Crippen LogP contribution in [0.5, 0.6) is 17.2 Å². The molecule has 2 rings (SSSR count). The van der Waals surface area contributed by atoms with Crippen molar-refractivity contribution in [3.63, 3.8) is 0 Å². The Balaban J connectivity index is 2.50. The molecule has 2 aromatic carbocycles. The number of halogens is 3. The second kappa shape index (κ2) is 12.0. The molecule has 0 fully saturated rings. The standard InChI is InChI=1S/C21H20ClF2NO9/c1-4-31-20(26)19(21(27)32-5-2)34-17-8-12(22)14(25(28)29)9-16(17)33-10-11-15(30-3)7-6-13(23)18(11)24/h6-9,19H,4-5,10H2,1-3H3. The van der Waals surface area contributed by atoms with Crippen molar-refractivity contribution in [3.05, 3.63) is 56.6 Å². The predicted octanol–water partition coefficient (Wildman–Crippen LogP) is 3.99. The summed E-state index contributed by atoms with van der Waals surface area (Å²) < 4.78 is 53.5. The maximum Gasteiger partial charge on any atom is 0.359 e. The summed E-state index contributed by atoms with van der Waals surface area (Å²) in [4.78, 5) is 35.0. The number of carbonyl (C=O) groups is 2. The van der Waals surface area contributed by atoms with E-state index < -0.39 is 63.4 Å². The third kappa shape index (κ3) is 6.22. The smallest absolute Gasteiger partial charge is 0.359 e. The van der Waals surface area contributed by atoms with Gasteiger partial charge in [0.1, 0.15) is 17.4 Å². The van der Waals surface area contributed by atoms with Gasteiger partial charge in [-0.3, -0.25) is 10.1 Å². The Labute approximate surface area is 197 Å². The highest BCUT2D eigenvalue weighted by Crippen LogP contribution is 2.39. The molecule has 0 N–H and O–H groups in total. The van der Waals surface area contributed by atoms with Crippen molar-refractivity contribution in [2.45, 2.75) is 26.6 Å². The van der Waals surface area contributed by atoms with Gasteiger partial charge in [-0.1, -0.05) is 11.6 Å². The van der Waals surface area contributed by atoms with Crippen LogP contribution in [0.25, 0.3) is 0 Å². The first-order valence-corrected chi connectivity index (χ1v) is 10.1. The first kappa shape index (κ1) is 26.6. The molecule has 0 unspecified atom stereocenters. The van der Waals surface area contributed by atoms with Crippen molar-refractivity contribution in [1.29, 1.82) is 0 Å². The van der Waals surface area contributed by atoms with Crippen molar-refractivity contribution < 1.29 is 47.0 Å². The van der Waals surface area contributed by atoms with Crippen molar-refractivity contribution in [3.8, 4) is 17.2 Å². The van der Waals surface area contributed by atoms with Crippen LogP contribution in [0.3, 0.4) is 0 Å². The Morgan fingerprint density at radius 3 is 2.21 bits per heavy atom. The number of nitrogens with zero attached hydrogens (tertiary/aromatic N) is 1. The molecule has 0 heterocycles. The lowest BCUT2D eigenvalue weighted by molar-refractivity contribution is -0.384. The predicted molar refractivity (Wildman–Crippen MR) is 113 cm³/mol. The summed E-state index contributed by atoms with van der Waals surface area (Å²) in [6.45, 7) is 2.17. The highest BCUT2D eigenvalue weighted by Gasteiger charge is 2.34. The van der Waals surface area contributed by atoms with Crippen LogP contribution in [0.4, 0.5) is 14.5 Å². The maximum atomic E-state index is 14.3. The molecule has 13 heteroatoms. The third-order valence-electron chi connectivity index (χ3n) is 4.20. The lowest BCUT2D eigenvalue weighted by Gasteiger charge is -2.19. The molecule has 0 aromatic heterocycles. The minimum atomic E-state index is -1.92. The van der Waals surface area contributed by atoms with Gasteiger partial charge in [-0.25, -0.2) is 18.4 Å². The monoisotopic (exact) mass is 503 g/mol. The van der Waals surface area contributed by atoms with Gasteiger partial charge in [-0.05, 0) is 26.0 Å². The Morgan fingerprint density at radius 1 is 1.06 bits per heavy atom. The molecule has 2 aromatic rings. The lowest BCUT2D eigenvalue weighted by Crippen LogP contribution is -2.38. The summed E-state index contributed by atoms with van der Waals surface area (Å²) in [5.74, 6) is -5.49. The zero-order valence-corrected chi connectivity index (χ0v) is 19.0. The SMILES string of the molecule is CCOC(=O)C(Oc1cc(Cl)c([N+](=O)[O-])cc1OCc1c(OC)ccc(F)c1F)C(=O)OCC. The van der Waals surface area contributed by atoms with E-state index in [-0.39, 0.29) is 24.5 Å². The normalized spacial score (nSPS) is 10.6. The van der Waals surface area contributed by atoms with Gasteiger partial charge in [0.15, 0.2) is 23.1 Å². The lowest BCUT2D eigenvalue weighted by atomic mass is 10.2. The summed E-state index contributed by atoms with van der Waals surface area (Å²) >= 11 is 5.93. The Bertz CT molecular complexity index is 1060. The fourth-order valence-electron chi connectivity index (χ4n) is 2.68. The summed E-state index contributed by atoms with van der Waals surface area (Å²) in [7, 11) is 1.22. The number of esters is 2. The van der Waals surface area contributed by atoms with Gasteiger partial charge < -0.3 is 23.7 Å². The number of ether oxygens (including phenoxy) is 5. The van der Waals surface area contributed by atoms with Crippen LogP contribution in [0.2, 0.25) is 5.02 Å². The van der Waals surface area contributed by atoms with Crippen LogP contribution >= 0.6 is 11.6 Å². The summed E-state index contributed by atoms with van der Waals surface area (Å²) in [5, 5.41) is 10.9. The second-order valence-electron chi connectivity index (χ2n) is 6.34. The van der Waals surface area contributed by atoms with Gasteiger partial charge in [0.25, 0.3) is 11.8 Å². The average molecular weight is 504 g/mol. The fraction of sp³-hybridized carbons (Fsp3) is 0.333. The fourth-order valence-corrected chi connectivity index (χ4v) is 2.90. The molecule has 0 saturated carbocycles. The molecule has 0 amide bonds. The molecule has 0 atom stereocenters. The highest BCUT2D eigenvalue weighted by molar-refractivity contribution is 6.32. The van der Waals surface area contributed by atoms with E-state index in [4.69, 9.17) is 35.3 Å². The number of hydrogen-bond donors (Lipinski definition) is 0. The van der Waals surface area contributed by atoms with E-state index in [9.17, 15) is 28.5 Å². The second-order valence-corrected chi connectivity index (χ2v) is 6.75. The topological polar surface area (TPSA) is 123 Å². The Hall–Kier alpha value is -3.67. The first-order valence-electron chi connectivity index (χ1n) is 9.76. The van der Waals surface area contributed by atoms with Gasteiger partial charge in [-0.2, -0.15) is 0 Å². The molecular weight excluding hydrogens is 484 g/mol. The summed E-state index contributed by atoms with van der Waals surface area (Å²) in [6.07, 6.45) is -1.92. The third-order valence-corrected chi connectivity index (χ3v) is 4.50. The largest absolute Gasteiger partial charge is 0.496 e. The van der Waals surface area contributed by atoms with Crippen molar-refractivity contribution in [2.75, 3.05) is 20.3 Å². The quantitative estimate of drug-likeness (QED) is 0.194. The highest BCUT2D eigenvalue weighted by atomic mass is 35.5. The zero-order chi connectivity index (χ0) is 25.4. The van der Waals surface area contributed by atoms with Crippen LogP contribution in [0, 0.1) is 21.7 Å². The van der Waals surface area contributed by atoms with Crippen LogP contribution in [0.1, 0.15) is 19.4 Å². The van der Waals surface area contributed by atoms with Gasteiger partial charge in [-0.15, -0.1) is 0 Å². The van der Waals surface area contributed by atoms with Gasteiger partial charge in [0.05, 0.1) is 36.9 Å². The maximum absolute atomic E-state index is 14.3. The molecule has 0 aliphatic carbocycles. The first-order chi connectivity index (χ1) is 16.1. The number of methoxy groups -OCH3 is 1. The molecule has 10 nitrogen and oxygen atoms in total. The molecular formula is C21H20ClF2NO9. The van der Waals surface area contributed by atoms with Crippen molar-refractivity contribution >= 4 is 29.2 Å². The van der Waals surface area contributed by atoms with Crippen LogP contribution in [0.15, 0.2) is 24.3 Å². The van der Waals surface area contributed by atoms with Gasteiger partial charge in [0, 0.05) is 6.07 Å². The van der Waals surface area contributed by atoms with Crippen molar-refractivity contribution in [1.82, 2.24) is 0 Å². The summed E-state index contributed by atoms with van der Waals surface area (Å²) in [6, 6.07) is 3.79. The van der Waals surface area contributed by atoms with Gasteiger partial charge in [0.2, 0.25) is 0 Å². The van der Waals surface area contributed by atoms with E-state index in [1.54, 1.807) is 0 Å². The molecule has 0 bridgehead atoms. The molecule has 184 valence electrons. The number of hydrogen-bond acceptors (Lipinski definition) is 9. The number of carbonyl (C=O) groups excluding carboxylic acids is 2. The van der Waals surface area contributed by atoms with E-state index in [1.165, 1.54) is 21.0 Å². The molecule has 0 aliphatic heterocycles. The van der Waals surface area contributed by atoms with E-state index in [0.29, 0.717) is 0 Å². The van der Waals surface area contributed by atoms with E-state index in [0.717, 1.165) is 24.3 Å². The average Bonchev–Trinajstić information content (AvgIpc) is 2.79. The van der Waals surface area contributed by atoms with Crippen LogP contribution in [-0.4, -0.2) is 43.3 Å². The molecule has 0 radical (unpaired) electrons. The minimum Gasteiger partial charge on any atom is -0.496 e. The summed E-state index contributed by atoms with van der Waals surface area (Å²) in [5.41, 5.74) is -0.946. The zero-order valence-electron chi connectivity index (χ0n) is 18.3. The van der Waals surface area contributed by atoms with E-state index >= 15 is 0 Å². The number of benzene rings is 2. The minimum absolute atomic E-state index is 0.0549. The molecule has 34 heavy (non-hydrogen) atoms. The van der Waals surface area contributed by atoms with Crippen LogP contribution in [-0.2, 0) is 25.7 Å². The Morgan fingerprint density at radius 2 is 1.68 bits per heavy atom. The Kier molecular flexibility index (Phi) is 9.36. The number of nitro groups is 1. The van der Waals surface area contributed by atoms with Gasteiger partial charge >= 0.3 is 11.9 Å². The van der Waals surface area contributed by atoms with Crippen LogP contribution < -0.4 is 14.2 Å². The molecule has 0 saturated heterocycles. The van der Waals surface area contributed by atoms with E-state index in [1.807, 2.05) is 0 Å². The number of nitro benzene ring substituents is 1.